The Hall–Kier alpha value is -1.00. The van der Waals surface area contributed by atoms with Gasteiger partial charge in [-0.1, -0.05) is 26.0 Å². The van der Waals surface area contributed by atoms with Gasteiger partial charge in [0.15, 0.2) is 5.78 Å². The summed E-state index contributed by atoms with van der Waals surface area (Å²) in [6.45, 7) is 8.17. The first kappa shape index (κ1) is 16.5. The summed E-state index contributed by atoms with van der Waals surface area (Å²) in [5, 5.41) is 20.4. The van der Waals surface area contributed by atoms with Crippen molar-refractivity contribution in [2.45, 2.75) is 58.5 Å². The third-order valence-corrected chi connectivity index (χ3v) is 8.46. The second-order valence-corrected chi connectivity index (χ2v) is 9.29. The first-order chi connectivity index (χ1) is 11.2. The Kier molecular flexibility index (Phi) is 3.29. The minimum absolute atomic E-state index is 0.0124. The molecule has 5 fully saturated rings. The van der Waals surface area contributed by atoms with E-state index in [0.717, 1.165) is 24.8 Å². The zero-order valence-electron chi connectivity index (χ0n) is 14.7. The van der Waals surface area contributed by atoms with Crippen LogP contribution >= 0.6 is 0 Å². The molecule has 24 heavy (non-hydrogen) atoms. The smallest absolute Gasteiger partial charge is 0.168 e. The lowest BCUT2D eigenvalue weighted by Crippen LogP contribution is -2.67. The maximum atomic E-state index is 13.0. The van der Waals surface area contributed by atoms with Gasteiger partial charge in [0.05, 0.1) is 12.0 Å². The summed E-state index contributed by atoms with van der Waals surface area (Å²) < 4.78 is 0. The third-order valence-electron chi connectivity index (χ3n) is 8.46. The number of hydrogen-bond donors (Lipinski definition) is 2. The zero-order chi connectivity index (χ0) is 17.5. The molecule has 0 radical (unpaired) electrons. The second kappa shape index (κ2) is 4.79. The molecule has 1 spiro atoms. The van der Waals surface area contributed by atoms with Crippen LogP contribution in [-0.2, 0) is 9.59 Å². The highest BCUT2D eigenvalue weighted by atomic mass is 16.3. The van der Waals surface area contributed by atoms with Gasteiger partial charge in [0, 0.05) is 17.8 Å². The minimum atomic E-state index is -0.892. The molecule has 0 unspecified atom stereocenters. The summed E-state index contributed by atoms with van der Waals surface area (Å²) >= 11 is 0. The molecule has 0 aromatic rings. The molecule has 0 aromatic heterocycles. The number of aliphatic hydroxyl groups is 2. The number of carbonyl (C=O) groups excluding carboxylic acids is 2. The molecule has 0 amide bonds. The van der Waals surface area contributed by atoms with Crippen LogP contribution in [-0.4, -0.2) is 34.5 Å². The Morgan fingerprint density at radius 3 is 2.58 bits per heavy atom. The Labute approximate surface area is 143 Å². The van der Waals surface area contributed by atoms with Crippen LogP contribution < -0.4 is 0 Å². The third kappa shape index (κ3) is 1.67. The molecule has 0 aromatic carbocycles. The van der Waals surface area contributed by atoms with Crippen LogP contribution in [0.15, 0.2) is 12.2 Å². The molecule has 4 heteroatoms. The van der Waals surface area contributed by atoms with Crippen molar-refractivity contribution < 1.29 is 19.8 Å². The standard InChI is InChI=1S/C20H28O4/c1-11-9-20-7-4-13-18(2,6-5-15(22)19(13,3)10-21)14(20)8-12(11)16(23)17(20)24/h12-14,16,21,23H,1,4-10H2,2-3H3/t12-,13-,14-,16+,18+,19+,20-/m0/s1. The van der Waals surface area contributed by atoms with Crippen molar-refractivity contribution in [1.29, 1.82) is 0 Å². The van der Waals surface area contributed by atoms with Crippen LogP contribution in [0.5, 0.6) is 0 Å². The molecule has 0 aliphatic heterocycles. The zero-order valence-corrected chi connectivity index (χ0v) is 14.7. The van der Waals surface area contributed by atoms with E-state index in [2.05, 4.69) is 13.5 Å². The number of ketones is 2. The van der Waals surface area contributed by atoms with Gasteiger partial charge in [-0.3, -0.25) is 9.59 Å². The number of carbonyl (C=O) groups is 2. The van der Waals surface area contributed by atoms with E-state index in [0.29, 0.717) is 19.3 Å². The van der Waals surface area contributed by atoms with E-state index in [1.54, 1.807) is 0 Å². The number of aliphatic hydroxyl groups excluding tert-OH is 2. The highest BCUT2D eigenvalue weighted by molar-refractivity contribution is 5.93. The Balaban J connectivity index is 1.81. The maximum absolute atomic E-state index is 13.0. The van der Waals surface area contributed by atoms with E-state index < -0.39 is 16.9 Å². The first-order valence-electron chi connectivity index (χ1n) is 9.25. The Morgan fingerprint density at radius 2 is 1.92 bits per heavy atom. The molecular weight excluding hydrogens is 304 g/mol. The summed E-state index contributed by atoms with van der Waals surface area (Å²) in [6.07, 6.45) is 3.37. The summed E-state index contributed by atoms with van der Waals surface area (Å²) in [5.41, 5.74) is -0.285. The minimum Gasteiger partial charge on any atom is -0.395 e. The van der Waals surface area contributed by atoms with Crippen molar-refractivity contribution in [3.05, 3.63) is 12.2 Å². The van der Waals surface area contributed by atoms with Crippen molar-refractivity contribution in [2.24, 2.45) is 34.0 Å². The lowest BCUT2D eigenvalue weighted by atomic mass is 9.36. The molecule has 5 aliphatic rings. The van der Waals surface area contributed by atoms with Crippen LogP contribution in [0.2, 0.25) is 0 Å². The van der Waals surface area contributed by atoms with Crippen molar-refractivity contribution in [2.75, 3.05) is 6.61 Å². The topological polar surface area (TPSA) is 74.6 Å². The van der Waals surface area contributed by atoms with Crippen molar-refractivity contribution in [3.63, 3.8) is 0 Å². The van der Waals surface area contributed by atoms with E-state index in [1.165, 1.54) is 0 Å². The van der Waals surface area contributed by atoms with Gasteiger partial charge in [-0.2, -0.15) is 0 Å². The van der Waals surface area contributed by atoms with Crippen LogP contribution in [0.3, 0.4) is 0 Å². The van der Waals surface area contributed by atoms with Gasteiger partial charge in [0.25, 0.3) is 0 Å². The SMILES string of the molecule is C=C1C[C@@]23CC[C@H]4[C@@](C)(CCC(=O)[C@]4(C)CO)[C@@H]2C[C@@H]1[C@@H](O)C3=O. The molecule has 4 nitrogen and oxygen atoms in total. The fraction of sp³-hybridized carbons (Fsp3) is 0.800. The molecule has 5 saturated carbocycles. The number of rotatable bonds is 1. The van der Waals surface area contributed by atoms with Crippen molar-refractivity contribution in [3.8, 4) is 0 Å². The molecule has 0 heterocycles. The highest BCUT2D eigenvalue weighted by Crippen LogP contribution is 2.70. The van der Waals surface area contributed by atoms with Crippen molar-refractivity contribution in [1.82, 2.24) is 0 Å². The lowest BCUT2D eigenvalue weighted by molar-refractivity contribution is -0.198. The Morgan fingerprint density at radius 1 is 1.21 bits per heavy atom. The number of fused-ring (bicyclic) bond motifs is 3. The van der Waals surface area contributed by atoms with Crippen LogP contribution in [0.25, 0.3) is 0 Å². The maximum Gasteiger partial charge on any atom is 0.168 e. The van der Waals surface area contributed by atoms with Gasteiger partial charge in [-0.15, -0.1) is 0 Å². The van der Waals surface area contributed by atoms with E-state index in [1.807, 2.05) is 6.92 Å². The summed E-state index contributed by atoms with van der Waals surface area (Å²) in [5.74, 6) is 0.357. The summed E-state index contributed by atoms with van der Waals surface area (Å²) in [4.78, 5) is 25.5. The van der Waals surface area contributed by atoms with Gasteiger partial charge in [-0.25, -0.2) is 0 Å². The summed E-state index contributed by atoms with van der Waals surface area (Å²) in [7, 11) is 0. The normalized spacial score (nSPS) is 53.8. The quantitative estimate of drug-likeness (QED) is 0.723. The fourth-order valence-corrected chi connectivity index (χ4v) is 7.11. The van der Waals surface area contributed by atoms with E-state index >= 15 is 0 Å². The largest absolute Gasteiger partial charge is 0.395 e. The van der Waals surface area contributed by atoms with Gasteiger partial charge in [0.2, 0.25) is 0 Å². The molecule has 5 rings (SSSR count). The molecule has 7 atom stereocenters. The fourth-order valence-electron chi connectivity index (χ4n) is 7.11. The van der Waals surface area contributed by atoms with E-state index in [-0.39, 0.29) is 41.3 Å². The predicted octanol–water partition coefficient (Wildman–Crippen LogP) is 2.28. The molecule has 0 saturated heterocycles. The molecule has 5 aliphatic carbocycles. The lowest BCUT2D eigenvalue weighted by Gasteiger charge is -2.67. The molecule has 2 bridgehead atoms. The van der Waals surface area contributed by atoms with Gasteiger partial charge < -0.3 is 10.2 Å². The van der Waals surface area contributed by atoms with E-state index in [4.69, 9.17) is 0 Å². The first-order valence-corrected chi connectivity index (χ1v) is 9.25. The monoisotopic (exact) mass is 332 g/mol. The average molecular weight is 332 g/mol. The number of hydrogen-bond acceptors (Lipinski definition) is 4. The van der Waals surface area contributed by atoms with Gasteiger partial charge >= 0.3 is 0 Å². The number of Topliss-reactive ketones (excluding diaryl/α,β-unsaturated/α-hetero) is 2. The molecule has 132 valence electrons. The summed E-state index contributed by atoms with van der Waals surface area (Å²) in [6, 6.07) is 0. The second-order valence-electron chi connectivity index (χ2n) is 9.29. The van der Waals surface area contributed by atoms with Crippen molar-refractivity contribution >= 4 is 11.6 Å². The predicted molar refractivity (Wildman–Crippen MR) is 89.1 cm³/mol. The van der Waals surface area contributed by atoms with Gasteiger partial charge in [0.1, 0.15) is 11.9 Å². The van der Waals surface area contributed by atoms with Gasteiger partial charge in [-0.05, 0) is 49.4 Å². The average Bonchev–Trinajstić information content (AvgIpc) is 2.55. The Bertz CT molecular complexity index is 640. The van der Waals surface area contributed by atoms with Crippen LogP contribution in [0.1, 0.15) is 52.4 Å². The highest BCUT2D eigenvalue weighted by Gasteiger charge is 2.69. The van der Waals surface area contributed by atoms with Crippen LogP contribution in [0, 0.1) is 34.0 Å². The molecular formula is C20H28O4. The molecule has 2 N–H and O–H groups in total. The van der Waals surface area contributed by atoms with Crippen LogP contribution in [0.4, 0.5) is 0 Å². The van der Waals surface area contributed by atoms with E-state index in [9.17, 15) is 19.8 Å².